The predicted molar refractivity (Wildman–Crippen MR) is 131 cm³/mol. The molecule has 0 fully saturated rings. The fourth-order valence-corrected chi connectivity index (χ4v) is 4.56. The third-order valence-electron chi connectivity index (χ3n) is 4.88. The van der Waals surface area contributed by atoms with Gasteiger partial charge in [0, 0.05) is 18.2 Å². The van der Waals surface area contributed by atoms with Gasteiger partial charge in [-0.1, -0.05) is 17.4 Å². The molecule has 0 bridgehead atoms. The molecule has 3 rings (SSSR count). The summed E-state index contributed by atoms with van der Waals surface area (Å²) in [7, 11) is 7.22. The first-order chi connectivity index (χ1) is 14.3. The third kappa shape index (κ3) is 5.87. The van der Waals surface area contributed by atoms with Crippen LogP contribution in [0.1, 0.15) is 27.9 Å². The zero-order valence-electron chi connectivity index (χ0n) is 18.9. The minimum Gasteiger partial charge on any atom is -0.497 e. The molecule has 0 saturated heterocycles. The van der Waals surface area contributed by atoms with Crippen LogP contribution in [0.3, 0.4) is 0 Å². The molecule has 0 unspecified atom stereocenters. The lowest BCUT2D eigenvalue weighted by Gasteiger charge is -2.21. The Kier molecular flexibility index (Phi) is 8.68. The summed E-state index contributed by atoms with van der Waals surface area (Å²) in [5.74, 6) is 1.06. The van der Waals surface area contributed by atoms with E-state index in [-0.39, 0.29) is 18.3 Å². The van der Waals surface area contributed by atoms with Crippen LogP contribution in [0, 0.1) is 13.8 Å². The van der Waals surface area contributed by atoms with Gasteiger partial charge in [-0.25, -0.2) is 4.98 Å². The van der Waals surface area contributed by atoms with Gasteiger partial charge in [0.2, 0.25) is 0 Å². The number of aryl methyl sites for hydroxylation is 2. The number of ether oxygens (including phenoxy) is 2. The molecule has 168 valence electrons. The molecule has 6 nitrogen and oxygen atoms in total. The highest BCUT2D eigenvalue weighted by atomic mass is 35.5. The number of carbonyl (C=O) groups is 1. The third-order valence-corrected chi connectivity index (χ3v) is 5.91. The summed E-state index contributed by atoms with van der Waals surface area (Å²) in [4.78, 5) is 22.3. The molecule has 0 spiro atoms. The molecule has 0 aliphatic carbocycles. The molecule has 1 aromatic heterocycles. The number of anilines is 1. The number of nitrogens with zero attached hydrogens (tertiary/aromatic N) is 3. The molecule has 2 aromatic carbocycles. The molecule has 0 atom stereocenters. The lowest BCUT2D eigenvalue weighted by atomic mass is 10.1. The average Bonchev–Trinajstić information content (AvgIpc) is 3.14. The van der Waals surface area contributed by atoms with E-state index >= 15 is 0 Å². The second-order valence-corrected chi connectivity index (χ2v) is 8.65. The van der Waals surface area contributed by atoms with Crippen molar-refractivity contribution in [3.8, 4) is 11.5 Å². The van der Waals surface area contributed by atoms with E-state index in [1.165, 1.54) is 5.56 Å². The lowest BCUT2D eigenvalue weighted by molar-refractivity contribution is 0.0985. The van der Waals surface area contributed by atoms with Crippen LogP contribution in [0.4, 0.5) is 5.13 Å². The van der Waals surface area contributed by atoms with E-state index in [4.69, 9.17) is 14.5 Å². The Morgan fingerprint density at radius 1 is 1.00 bits per heavy atom. The average molecular weight is 464 g/mol. The summed E-state index contributed by atoms with van der Waals surface area (Å²) in [5, 5.41) is 0.712. The Morgan fingerprint density at radius 3 is 2.23 bits per heavy atom. The molecule has 1 heterocycles. The molecule has 31 heavy (non-hydrogen) atoms. The maximum atomic E-state index is 13.6. The number of thiazole rings is 1. The minimum atomic E-state index is -0.112. The van der Waals surface area contributed by atoms with E-state index in [1.807, 2.05) is 14.1 Å². The maximum absolute atomic E-state index is 13.6. The molecule has 0 radical (unpaired) electrons. The maximum Gasteiger partial charge on any atom is 0.260 e. The highest BCUT2D eigenvalue weighted by Crippen LogP contribution is 2.33. The van der Waals surface area contributed by atoms with Gasteiger partial charge in [0.05, 0.1) is 24.4 Å². The number of methoxy groups -OCH3 is 2. The van der Waals surface area contributed by atoms with Crippen molar-refractivity contribution < 1.29 is 14.3 Å². The van der Waals surface area contributed by atoms with Crippen LogP contribution in [-0.2, 0) is 0 Å². The second kappa shape index (κ2) is 10.8. The summed E-state index contributed by atoms with van der Waals surface area (Å²) < 4.78 is 11.8. The Labute approximate surface area is 194 Å². The lowest BCUT2D eigenvalue weighted by Crippen LogP contribution is -2.33. The fraction of sp³-hybridized carbons (Fsp3) is 0.391. The van der Waals surface area contributed by atoms with Crippen molar-refractivity contribution in [3.05, 3.63) is 47.0 Å². The van der Waals surface area contributed by atoms with Crippen LogP contribution in [0.15, 0.2) is 30.3 Å². The van der Waals surface area contributed by atoms with Crippen molar-refractivity contribution in [2.24, 2.45) is 0 Å². The van der Waals surface area contributed by atoms with Gasteiger partial charge in [-0.2, -0.15) is 0 Å². The van der Waals surface area contributed by atoms with Crippen LogP contribution in [0.25, 0.3) is 10.2 Å². The van der Waals surface area contributed by atoms with Gasteiger partial charge in [0.25, 0.3) is 5.91 Å². The highest BCUT2D eigenvalue weighted by Gasteiger charge is 2.23. The standard InChI is InChI=1S/C23H29N3O3S.ClH/c1-15-10-16(2)21-20(11-15)30-23(24-21)26(9-7-8-25(3)4)22(27)17-12-18(28-5)14-19(13-17)29-6;/h10-14H,7-9H2,1-6H3;1H. The van der Waals surface area contributed by atoms with Gasteiger partial charge in [-0.15, -0.1) is 12.4 Å². The predicted octanol–water partition coefficient (Wildman–Crippen LogP) is 4.95. The number of amides is 1. The van der Waals surface area contributed by atoms with Gasteiger partial charge in [0.1, 0.15) is 11.5 Å². The smallest absolute Gasteiger partial charge is 0.260 e. The zero-order chi connectivity index (χ0) is 21.8. The quantitative estimate of drug-likeness (QED) is 0.473. The summed E-state index contributed by atoms with van der Waals surface area (Å²) in [5.41, 5.74) is 3.78. The normalized spacial score (nSPS) is 10.8. The van der Waals surface area contributed by atoms with E-state index in [0.29, 0.717) is 28.7 Å². The number of halogens is 1. The van der Waals surface area contributed by atoms with Crippen molar-refractivity contribution >= 4 is 45.0 Å². The van der Waals surface area contributed by atoms with E-state index in [1.54, 1.807) is 48.7 Å². The van der Waals surface area contributed by atoms with E-state index in [0.717, 1.165) is 28.7 Å². The molecule has 0 aliphatic rings. The van der Waals surface area contributed by atoms with Crippen LogP contribution in [-0.4, -0.2) is 57.2 Å². The van der Waals surface area contributed by atoms with Gasteiger partial charge in [-0.05, 0) is 70.2 Å². The number of benzene rings is 2. The van der Waals surface area contributed by atoms with E-state index < -0.39 is 0 Å². The SMILES string of the molecule is COc1cc(OC)cc(C(=O)N(CCCN(C)C)c2nc3c(C)cc(C)cc3s2)c1.Cl. The first kappa shape index (κ1) is 24.9. The topological polar surface area (TPSA) is 54.9 Å². The first-order valence-corrected chi connectivity index (χ1v) is 10.7. The molecule has 1 amide bonds. The summed E-state index contributed by atoms with van der Waals surface area (Å²) >= 11 is 1.55. The van der Waals surface area contributed by atoms with Crippen LogP contribution in [0.2, 0.25) is 0 Å². The molecular formula is C23H30ClN3O3S. The molecular weight excluding hydrogens is 434 g/mol. The van der Waals surface area contributed by atoms with Gasteiger partial charge >= 0.3 is 0 Å². The Morgan fingerprint density at radius 2 is 1.65 bits per heavy atom. The monoisotopic (exact) mass is 463 g/mol. The van der Waals surface area contributed by atoms with Crippen molar-refractivity contribution in [2.45, 2.75) is 20.3 Å². The van der Waals surface area contributed by atoms with Crippen molar-refractivity contribution in [1.82, 2.24) is 9.88 Å². The highest BCUT2D eigenvalue weighted by molar-refractivity contribution is 7.22. The van der Waals surface area contributed by atoms with Gasteiger partial charge < -0.3 is 14.4 Å². The summed E-state index contributed by atoms with van der Waals surface area (Å²) in [6.07, 6.45) is 0.841. The molecule has 8 heteroatoms. The van der Waals surface area contributed by atoms with Crippen LogP contribution < -0.4 is 14.4 Å². The number of hydrogen-bond acceptors (Lipinski definition) is 6. The van der Waals surface area contributed by atoms with Gasteiger partial charge in [0.15, 0.2) is 5.13 Å². The second-order valence-electron chi connectivity index (χ2n) is 7.64. The van der Waals surface area contributed by atoms with Crippen molar-refractivity contribution in [1.29, 1.82) is 0 Å². The molecule has 0 saturated carbocycles. The van der Waals surface area contributed by atoms with Crippen molar-refractivity contribution in [3.63, 3.8) is 0 Å². The zero-order valence-corrected chi connectivity index (χ0v) is 20.5. The minimum absolute atomic E-state index is 0. The summed E-state index contributed by atoms with van der Waals surface area (Å²) in [6.45, 7) is 5.60. The van der Waals surface area contributed by atoms with Gasteiger partial charge in [-0.3, -0.25) is 9.69 Å². The molecule has 0 N–H and O–H groups in total. The van der Waals surface area contributed by atoms with Crippen molar-refractivity contribution in [2.75, 3.05) is 46.3 Å². The number of carbonyl (C=O) groups excluding carboxylic acids is 1. The first-order valence-electron chi connectivity index (χ1n) is 9.90. The van der Waals surface area contributed by atoms with Crippen LogP contribution in [0.5, 0.6) is 11.5 Å². The molecule has 3 aromatic rings. The number of rotatable bonds is 8. The summed E-state index contributed by atoms with van der Waals surface area (Å²) in [6, 6.07) is 9.49. The van der Waals surface area contributed by atoms with Crippen LogP contribution >= 0.6 is 23.7 Å². The number of hydrogen-bond donors (Lipinski definition) is 0. The molecule has 0 aliphatic heterocycles. The fourth-order valence-electron chi connectivity index (χ4n) is 3.39. The Balaban J connectivity index is 0.00000341. The Hall–Kier alpha value is -2.35. The largest absolute Gasteiger partial charge is 0.497 e. The number of fused-ring (bicyclic) bond motifs is 1. The van der Waals surface area contributed by atoms with E-state index in [2.05, 4.69) is 30.9 Å². The van der Waals surface area contributed by atoms with E-state index in [9.17, 15) is 4.79 Å². The number of aromatic nitrogens is 1. The Bertz CT molecular complexity index is 1030.